The van der Waals surface area contributed by atoms with E-state index in [1.54, 1.807) is 0 Å². The molecule has 19 heavy (non-hydrogen) atoms. The molecule has 1 aliphatic carbocycles. The van der Waals surface area contributed by atoms with E-state index in [0.717, 1.165) is 11.6 Å². The van der Waals surface area contributed by atoms with Crippen LogP contribution in [0.2, 0.25) is 0 Å². The van der Waals surface area contributed by atoms with Crippen molar-refractivity contribution in [1.29, 1.82) is 0 Å². The Labute approximate surface area is 118 Å². The summed E-state index contributed by atoms with van der Waals surface area (Å²) in [5.41, 5.74) is 5.07. The molecule has 0 radical (unpaired) electrons. The molecular formula is C17H28N2. The molecule has 1 aromatic heterocycles. The summed E-state index contributed by atoms with van der Waals surface area (Å²) in [5.74, 6) is 0.915. The quantitative estimate of drug-likeness (QED) is 0.879. The van der Waals surface area contributed by atoms with Crippen LogP contribution in [0.4, 0.5) is 0 Å². The number of pyridine rings is 1. The normalized spacial score (nSPS) is 25.3. The number of aromatic nitrogens is 1. The zero-order valence-corrected chi connectivity index (χ0v) is 13.1. The minimum absolute atomic E-state index is 0.409. The van der Waals surface area contributed by atoms with Crippen molar-refractivity contribution in [2.45, 2.75) is 72.4 Å². The zero-order chi connectivity index (χ0) is 14.0. The van der Waals surface area contributed by atoms with Crippen LogP contribution in [0.1, 0.15) is 68.1 Å². The summed E-state index contributed by atoms with van der Waals surface area (Å²) in [4.78, 5) is 4.62. The fourth-order valence-electron chi connectivity index (χ4n) is 3.55. The van der Waals surface area contributed by atoms with E-state index >= 15 is 0 Å². The van der Waals surface area contributed by atoms with Crippen molar-refractivity contribution in [2.24, 2.45) is 5.92 Å². The van der Waals surface area contributed by atoms with Crippen LogP contribution in [-0.4, -0.2) is 11.0 Å². The van der Waals surface area contributed by atoms with Crippen molar-refractivity contribution >= 4 is 0 Å². The first kappa shape index (κ1) is 14.5. The minimum atomic E-state index is 0.409. The fourth-order valence-corrected chi connectivity index (χ4v) is 3.55. The molecule has 0 spiro atoms. The summed E-state index contributed by atoms with van der Waals surface area (Å²) >= 11 is 0. The standard InChI is InChI=1S/C17H28N2/c1-11-6-8-16(9-7-11)19-15(5)17-12(2)10-13(3)18-14(17)4/h10-11,15-16,19H,6-9H2,1-5H3. The van der Waals surface area contributed by atoms with Gasteiger partial charge in [-0.2, -0.15) is 0 Å². The van der Waals surface area contributed by atoms with Gasteiger partial charge in [0.15, 0.2) is 0 Å². The van der Waals surface area contributed by atoms with Crippen molar-refractivity contribution in [3.05, 3.63) is 28.6 Å². The van der Waals surface area contributed by atoms with E-state index in [0.29, 0.717) is 12.1 Å². The Morgan fingerprint density at radius 2 is 1.79 bits per heavy atom. The summed E-state index contributed by atoms with van der Waals surface area (Å²) in [5, 5.41) is 3.82. The van der Waals surface area contributed by atoms with Crippen LogP contribution >= 0.6 is 0 Å². The number of rotatable bonds is 3. The van der Waals surface area contributed by atoms with Crippen LogP contribution in [0, 0.1) is 26.7 Å². The number of nitrogens with zero attached hydrogens (tertiary/aromatic N) is 1. The third-order valence-corrected chi connectivity index (χ3v) is 4.52. The maximum Gasteiger partial charge on any atom is 0.0426 e. The van der Waals surface area contributed by atoms with Crippen molar-refractivity contribution in [2.75, 3.05) is 0 Å². The molecule has 1 aliphatic rings. The molecule has 1 aromatic rings. The van der Waals surface area contributed by atoms with Gasteiger partial charge in [0.1, 0.15) is 0 Å². The van der Waals surface area contributed by atoms with Crippen LogP contribution in [0.5, 0.6) is 0 Å². The molecule has 2 rings (SSSR count). The second-order valence-electron chi connectivity index (χ2n) is 6.42. The Morgan fingerprint density at radius 1 is 1.16 bits per heavy atom. The van der Waals surface area contributed by atoms with Crippen LogP contribution < -0.4 is 5.32 Å². The second kappa shape index (κ2) is 6.04. The average Bonchev–Trinajstić information content (AvgIpc) is 2.30. The third-order valence-electron chi connectivity index (χ3n) is 4.52. The van der Waals surface area contributed by atoms with Crippen LogP contribution in [0.25, 0.3) is 0 Å². The maximum atomic E-state index is 4.62. The predicted molar refractivity (Wildman–Crippen MR) is 81.4 cm³/mol. The summed E-state index contributed by atoms with van der Waals surface area (Å²) in [6, 6.07) is 3.29. The summed E-state index contributed by atoms with van der Waals surface area (Å²) in [7, 11) is 0. The smallest absolute Gasteiger partial charge is 0.0426 e. The van der Waals surface area contributed by atoms with Gasteiger partial charge in [0.25, 0.3) is 0 Å². The lowest BCUT2D eigenvalue weighted by Crippen LogP contribution is -2.35. The molecule has 1 N–H and O–H groups in total. The largest absolute Gasteiger partial charge is 0.307 e. The molecular weight excluding hydrogens is 232 g/mol. The molecule has 1 fully saturated rings. The van der Waals surface area contributed by atoms with E-state index in [-0.39, 0.29) is 0 Å². The minimum Gasteiger partial charge on any atom is -0.307 e. The van der Waals surface area contributed by atoms with E-state index in [2.05, 4.69) is 51.0 Å². The second-order valence-corrected chi connectivity index (χ2v) is 6.42. The summed E-state index contributed by atoms with van der Waals surface area (Å²) < 4.78 is 0. The summed E-state index contributed by atoms with van der Waals surface area (Å²) in [6.45, 7) is 11.1. The van der Waals surface area contributed by atoms with E-state index in [1.165, 1.54) is 42.5 Å². The topological polar surface area (TPSA) is 24.9 Å². The molecule has 0 aromatic carbocycles. The Kier molecular flexibility index (Phi) is 4.62. The van der Waals surface area contributed by atoms with E-state index in [4.69, 9.17) is 0 Å². The number of nitrogens with one attached hydrogen (secondary N) is 1. The summed E-state index contributed by atoms with van der Waals surface area (Å²) in [6.07, 6.45) is 5.38. The molecule has 0 saturated heterocycles. The van der Waals surface area contributed by atoms with Gasteiger partial charge in [-0.15, -0.1) is 0 Å². The first-order valence-corrected chi connectivity index (χ1v) is 7.68. The van der Waals surface area contributed by atoms with Gasteiger partial charge >= 0.3 is 0 Å². The van der Waals surface area contributed by atoms with E-state index in [9.17, 15) is 0 Å². The first-order valence-electron chi connectivity index (χ1n) is 7.68. The molecule has 1 saturated carbocycles. The van der Waals surface area contributed by atoms with Gasteiger partial charge in [-0.3, -0.25) is 4.98 Å². The third kappa shape index (κ3) is 3.56. The lowest BCUT2D eigenvalue weighted by atomic mass is 9.86. The molecule has 1 unspecified atom stereocenters. The Morgan fingerprint density at radius 3 is 2.37 bits per heavy atom. The van der Waals surface area contributed by atoms with Crippen molar-refractivity contribution in [3.8, 4) is 0 Å². The van der Waals surface area contributed by atoms with Crippen molar-refractivity contribution in [3.63, 3.8) is 0 Å². The number of hydrogen-bond donors (Lipinski definition) is 1. The van der Waals surface area contributed by atoms with Gasteiger partial charge < -0.3 is 5.32 Å². The molecule has 0 bridgehead atoms. The molecule has 2 heteroatoms. The first-order chi connectivity index (χ1) is 8.97. The number of hydrogen-bond acceptors (Lipinski definition) is 2. The fraction of sp³-hybridized carbons (Fsp3) is 0.706. The Hall–Kier alpha value is -0.890. The van der Waals surface area contributed by atoms with Crippen molar-refractivity contribution < 1.29 is 0 Å². The highest BCUT2D eigenvalue weighted by Crippen LogP contribution is 2.27. The van der Waals surface area contributed by atoms with Gasteiger partial charge in [0, 0.05) is 23.5 Å². The monoisotopic (exact) mass is 260 g/mol. The molecule has 0 amide bonds. The highest BCUT2D eigenvalue weighted by Gasteiger charge is 2.21. The molecule has 2 nitrogen and oxygen atoms in total. The molecule has 1 atom stereocenters. The Bertz CT molecular complexity index is 408. The van der Waals surface area contributed by atoms with Gasteiger partial charge in [-0.25, -0.2) is 0 Å². The van der Waals surface area contributed by atoms with Crippen LogP contribution in [-0.2, 0) is 0 Å². The Balaban J connectivity index is 2.06. The molecule has 0 aliphatic heterocycles. The van der Waals surface area contributed by atoms with Gasteiger partial charge in [-0.05, 0) is 76.5 Å². The van der Waals surface area contributed by atoms with Crippen LogP contribution in [0.15, 0.2) is 6.07 Å². The highest BCUT2D eigenvalue weighted by atomic mass is 15.0. The van der Waals surface area contributed by atoms with Crippen LogP contribution in [0.3, 0.4) is 0 Å². The SMILES string of the molecule is Cc1cc(C)c(C(C)NC2CCC(C)CC2)c(C)n1. The van der Waals surface area contributed by atoms with Gasteiger partial charge in [0.2, 0.25) is 0 Å². The van der Waals surface area contributed by atoms with Gasteiger partial charge in [0.05, 0.1) is 0 Å². The van der Waals surface area contributed by atoms with E-state index in [1.807, 2.05) is 0 Å². The van der Waals surface area contributed by atoms with Gasteiger partial charge in [-0.1, -0.05) is 6.92 Å². The maximum absolute atomic E-state index is 4.62. The number of aryl methyl sites for hydroxylation is 3. The van der Waals surface area contributed by atoms with Crippen molar-refractivity contribution in [1.82, 2.24) is 10.3 Å². The zero-order valence-electron chi connectivity index (χ0n) is 13.1. The van der Waals surface area contributed by atoms with E-state index < -0.39 is 0 Å². The average molecular weight is 260 g/mol. The lowest BCUT2D eigenvalue weighted by molar-refractivity contribution is 0.291. The molecule has 1 heterocycles. The highest BCUT2D eigenvalue weighted by molar-refractivity contribution is 5.33. The predicted octanol–water partition coefficient (Wildman–Crippen LogP) is 4.24. The lowest BCUT2D eigenvalue weighted by Gasteiger charge is -2.30. The molecule has 106 valence electrons.